The van der Waals surface area contributed by atoms with Crippen molar-refractivity contribution in [1.29, 1.82) is 0 Å². The van der Waals surface area contributed by atoms with Crippen molar-refractivity contribution in [1.82, 2.24) is 5.32 Å². The summed E-state index contributed by atoms with van der Waals surface area (Å²) in [6.07, 6.45) is -0.208. The first-order chi connectivity index (χ1) is 10.5. The summed E-state index contributed by atoms with van der Waals surface area (Å²) in [5.74, 6) is -0.128. The topological polar surface area (TPSA) is 81.4 Å². The quantitative estimate of drug-likeness (QED) is 0.849. The average Bonchev–Trinajstić information content (AvgIpc) is 2.97. The van der Waals surface area contributed by atoms with Gasteiger partial charge in [-0.15, -0.1) is 11.3 Å². The van der Waals surface area contributed by atoms with E-state index in [1.54, 1.807) is 29.6 Å². The highest BCUT2D eigenvalue weighted by molar-refractivity contribution is 7.12. The van der Waals surface area contributed by atoms with Crippen molar-refractivity contribution in [2.24, 2.45) is 5.73 Å². The van der Waals surface area contributed by atoms with Crippen LogP contribution in [0.2, 0.25) is 5.02 Å². The Morgan fingerprint density at radius 1 is 1.36 bits per heavy atom. The Morgan fingerprint density at radius 2 is 2.05 bits per heavy atom. The molecule has 116 valence electrons. The second-order valence-electron chi connectivity index (χ2n) is 4.66. The Kier molecular flexibility index (Phi) is 5.41. The number of ether oxygens (including phenoxy) is 1. The fourth-order valence-corrected chi connectivity index (χ4v) is 2.63. The van der Waals surface area contributed by atoms with Crippen molar-refractivity contribution in [2.75, 3.05) is 6.54 Å². The summed E-state index contributed by atoms with van der Waals surface area (Å²) in [7, 11) is 0. The van der Waals surface area contributed by atoms with Crippen molar-refractivity contribution in [3.05, 3.63) is 51.2 Å². The van der Waals surface area contributed by atoms with Crippen molar-refractivity contribution in [3.8, 4) is 5.75 Å². The first kappa shape index (κ1) is 16.3. The zero-order valence-electron chi connectivity index (χ0n) is 11.8. The van der Waals surface area contributed by atoms with E-state index in [-0.39, 0.29) is 12.0 Å². The molecule has 5 nitrogen and oxygen atoms in total. The third kappa shape index (κ3) is 4.47. The predicted molar refractivity (Wildman–Crippen MR) is 86.7 cm³/mol. The van der Waals surface area contributed by atoms with Gasteiger partial charge in [-0.05, 0) is 37.3 Å². The number of hydrogen-bond donors (Lipinski definition) is 2. The molecule has 0 saturated carbocycles. The first-order valence-corrected chi connectivity index (χ1v) is 7.80. The Balaban J connectivity index is 1.84. The van der Waals surface area contributed by atoms with Crippen molar-refractivity contribution >= 4 is 34.8 Å². The lowest BCUT2D eigenvalue weighted by atomic mass is 10.3. The summed E-state index contributed by atoms with van der Waals surface area (Å²) in [6, 6.07) is 8.48. The van der Waals surface area contributed by atoms with Crippen LogP contribution >= 0.6 is 22.9 Å². The molecular weight excluding hydrogens is 324 g/mol. The van der Waals surface area contributed by atoms with Gasteiger partial charge in [-0.3, -0.25) is 9.59 Å². The van der Waals surface area contributed by atoms with Gasteiger partial charge in [-0.25, -0.2) is 0 Å². The summed E-state index contributed by atoms with van der Waals surface area (Å²) >= 11 is 6.97. The van der Waals surface area contributed by atoms with Crippen molar-refractivity contribution in [2.45, 2.75) is 13.0 Å². The van der Waals surface area contributed by atoms with E-state index in [0.29, 0.717) is 27.8 Å². The lowest BCUT2D eigenvalue weighted by molar-refractivity contribution is 0.0936. The van der Waals surface area contributed by atoms with Crippen LogP contribution in [0.5, 0.6) is 5.75 Å². The molecule has 0 aliphatic heterocycles. The number of carbonyl (C=O) groups is 2. The number of benzene rings is 1. The molecule has 0 aliphatic carbocycles. The maximum atomic E-state index is 12.0. The first-order valence-electron chi connectivity index (χ1n) is 6.54. The van der Waals surface area contributed by atoms with Gasteiger partial charge in [0.25, 0.3) is 5.91 Å². The highest BCUT2D eigenvalue weighted by Crippen LogP contribution is 2.17. The van der Waals surface area contributed by atoms with Gasteiger partial charge < -0.3 is 15.8 Å². The zero-order valence-corrected chi connectivity index (χ0v) is 13.4. The molecule has 1 unspecified atom stereocenters. The summed E-state index contributed by atoms with van der Waals surface area (Å²) in [5, 5.41) is 4.95. The van der Waals surface area contributed by atoms with Gasteiger partial charge in [0.15, 0.2) is 0 Å². The van der Waals surface area contributed by atoms with E-state index in [4.69, 9.17) is 22.1 Å². The van der Waals surface area contributed by atoms with Crippen LogP contribution in [-0.2, 0) is 0 Å². The number of nitrogens with two attached hydrogens (primary N) is 1. The van der Waals surface area contributed by atoms with Crippen LogP contribution in [0.1, 0.15) is 27.0 Å². The maximum Gasteiger partial charge on any atom is 0.261 e. The summed E-state index contributed by atoms with van der Waals surface area (Å²) < 4.78 is 5.65. The van der Waals surface area contributed by atoms with Crippen LogP contribution in [0.4, 0.5) is 0 Å². The highest BCUT2D eigenvalue weighted by atomic mass is 35.5. The highest BCUT2D eigenvalue weighted by Gasteiger charge is 2.13. The Hall–Kier alpha value is -2.05. The van der Waals surface area contributed by atoms with Gasteiger partial charge in [-0.2, -0.15) is 0 Å². The molecule has 0 aliphatic rings. The van der Waals surface area contributed by atoms with Gasteiger partial charge >= 0.3 is 0 Å². The second-order valence-corrected chi connectivity index (χ2v) is 6.00. The number of carbonyl (C=O) groups excluding carboxylic acids is 2. The smallest absolute Gasteiger partial charge is 0.261 e. The van der Waals surface area contributed by atoms with Crippen LogP contribution < -0.4 is 15.8 Å². The number of halogens is 1. The molecule has 0 spiro atoms. The van der Waals surface area contributed by atoms with E-state index in [2.05, 4.69) is 5.32 Å². The van der Waals surface area contributed by atoms with Gasteiger partial charge in [-0.1, -0.05) is 11.6 Å². The third-order valence-electron chi connectivity index (χ3n) is 2.81. The molecule has 0 bridgehead atoms. The molecule has 0 fully saturated rings. The molecule has 2 aromatic rings. The SMILES string of the molecule is CC(CNC(=O)c1cc(C(N)=O)cs1)Oc1ccc(Cl)cc1. The van der Waals surface area contributed by atoms with Gasteiger partial charge in [0, 0.05) is 10.4 Å². The van der Waals surface area contributed by atoms with E-state index >= 15 is 0 Å². The summed E-state index contributed by atoms with van der Waals surface area (Å²) in [4.78, 5) is 23.4. The molecule has 2 amide bonds. The number of nitrogens with one attached hydrogen (secondary N) is 1. The summed E-state index contributed by atoms with van der Waals surface area (Å²) in [6.45, 7) is 2.18. The normalized spacial score (nSPS) is 11.7. The molecule has 0 saturated heterocycles. The molecule has 1 aromatic carbocycles. The number of amides is 2. The second kappa shape index (κ2) is 7.29. The predicted octanol–water partition coefficient (Wildman–Crippen LogP) is 2.70. The van der Waals surface area contributed by atoms with Crippen LogP contribution in [-0.4, -0.2) is 24.5 Å². The molecule has 2 rings (SSSR count). The zero-order chi connectivity index (χ0) is 16.1. The summed E-state index contributed by atoms with van der Waals surface area (Å²) in [5.41, 5.74) is 5.49. The monoisotopic (exact) mass is 338 g/mol. The van der Waals surface area contributed by atoms with Crippen molar-refractivity contribution in [3.63, 3.8) is 0 Å². The molecule has 1 aromatic heterocycles. The Labute approximate surface area is 137 Å². The number of hydrogen-bond acceptors (Lipinski definition) is 4. The number of primary amides is 1. The molecule has 1 heterocycles. The van der Waals surface area contributed by atoms with E-state index in [1.807, 2.05) is 6.92 Å². The van der Waals surface area contributed by atoms with E-state index < -0.39 is 5.91 Å². The molecule has 0 radical (unpaired) electrons. The van der Waals surface area contributed by atoms with E-state index in [0.717, 1.165) is 0 Å². The van der Waals surface area contributed by atoms with Crippen molar-refractivity contribution < 1.29 is 14.3 Å². The number of thiophene rings is 1. The standard InChI is InChI=1S/C15H15ClN2O3S/c1-9(21-12-4-2-11(16)3-5-12)7-18-15(20)13-6-10(8-22-13)14(17)19/h2-6,8-9H,7H2,1H3,(H2,17,19)(H,18,20). The van der Waals surface area contributed by atoms with Gasteiger partial charge in [0.05, 0.1) is 17.0 Å². The molecular formula is C15H15ClN2O3S. The Morgan fingerprint density at radius 3 is 2.64 bits per heavy atom. The van der Waals surface area contributed by atoms with Crippen LogP contribution in [0.3, 0.4) is 0 Å². The minimum absolute atomic E-state index is 0.208. The van der Waals surface area contributed by atoms with E-state index in [1.165, 1.54) is 17.4 Å². The lowest BCUT2D eigenvalue weighted by Crippen LogP contribution is -2.33. The van der Waals surface area contributed by atoms with E-state index in [9.17, 15) is 9.59 Å². The molecule has 22 heavy (non-hydrogen) atoms. The van der Waals surface area contributed by atoms with Gasteiger partial charge in [0.1, 0.15) is 11.9 Å². The van der Waals surface area contributed by atoms with Gasteiger partial charge in [0.2, 0.25) is 5.91 Å². The Bertz CT molecular complexity index is 670. The minimum atomic E-state index is -0.547. The molecule has 1 atom stereocenters. The lowest BCUT2D eigenvalue weighted by Gasteiger charge is -2.15. The number of rotatable bonds is 6. The largest absolute Gasteiger partial charge is 0.489 e. The molecule has 7 heteroatoms. The van der Waals surface area contributed by atoms with Crippen LogP contribution in [0.15, 0.2) is 35.7 Å². The minimum Gasteiger partial charge on any atom is -0.489 e. The fourth-order valence-electron chi connectivity index (χ4n) is 1.70. The fraction of sp³-hybridized carbons (Fsp3) is 0.200. The average molecular weight is 339 g/mol. The van der Waals surface area contributed by atoms with Crippen LogP contribution in [0, 0.1) is 0 Å². The third-order valence-corrected chi connectivity index (χ3v) is 3.99. The maximum absolute atomic E-state index is 12.0. The van der Waals surface area contributed by atoms with Crippen LogP contribution in [0.25, 0.3) is 0 Å². The molecule has 3 N–H and O–H groups in total.